The van der Waals surface area contributed by atoms with Gasteiger partial charge in [-0.15, -0.1) is 0 Å². The number of benzene rings is 2. The number of para-hydroxylation sites is 1. The van der Waals surface area contributed by atoms with Crippen molar-refractivity contribution in [2.24, 2.45) is 28.6 Å². The van der Waals surface area contributed by atoms with Gasteiger partial charge in [-0.2, -0.15) is 0 Å². The molecule has 0 saturated heterocycles. The Balaban J connectivity index is 1.09. The Morgan fingerprint density at radius 1 is 1.00 bits per heavy atom. The third kappa shape index (κ3) is 4.73. The van der Waals surface area contributed by atoms with Crippen LogP contribution in [0.5, 0.6) is 11.5 Å². The van der Waals surface area contributed by atoms with Crippen LogP contribution in [0.3, 0.4) is 0 Å². The van der Waals surface area contributed by atoms with Crippen LogP contribution in [0, 0.1) is 28.6 Å². The molecule has 0 aromatic heterocycles. The fourth-order valence-corrected chi connectivity index (χ4v) is 8.57. The van der Waals surface area contributed by atoms with Gasteiger partial charge in [0.05, 0.1) is 12.5 Å². The number of fused-ring (bicyclic) bond motifs is 5. The first-order valence-corrected chi connectivity index (χ1v) is 14.9. The van der Waals surface area contributed by atoms with Gasteiger partial charge in [0.25, 0.3) is 0 Å². The van der Waals surface area contributed by atoms with Crippen LogP contribution in [0.25, 0.3) is 0 Å². The molecule has 42 heavy (non-hydrogen) atoms. The number of esters is 1. The molecule has 0 aliphatic heterocycles. The van der Waals surface area contributed by atoms with Crippen LogP contribution in [0.15, 0.2) is 78.4 Å². The topological polar surface area (TPSA) is 110 Å². The highest BCUT2D eigenvalue weighted by molar-refractivity contribution is 6.01. The molecule has 2 aromatic carbocycles. The maximum atomic E-state index is 13.5. The average Bonchev–Trinajstić information content (AvgIpc) is 3.24. The predicted molar refractivity (Wildman–Crippen MR) is 156 cm³/mol. The van der Waals surface area contributed by atoms with Gasteiger partial charge in [-0.1, -0.05) is 55.8 Å². The number of rotatable bonds is 7. The number of hydrogen-bond donors (Lipinski definition) is 2. The summed E-state index contributed by atoms with van der Waals surface area (Å²) in [5, 5.41) is 23.4. The zero-order valence-electron chi connectivity index (χ0n) is 24.1. The molecule has 6 rings (SSSR count). The van der Waals surface area contributed by atoms with Gasteiger partial charge in [-0.3, -0.25) is 14.4 Å². The molecule has 5 unspecified atom stereocenters. The summed E-state index contributed by atoms with van der Waals surface area (Å²) in [4.78, 5) is 38.2. The van der Waals surface area contributed by atoms with Crippen molar-refractivity contribution in [2.45, 2.75) is 64.1 Å². The molecule has 7 nitrogen and oxygen atoms in total. The van der Waals surface area contributed by atoms with Crippen LogP contribution in [-0.4, -0.2) is 46.1 Å². The molecule has 0 heterocycles. The Bertz CT molecular complexity index is 1440. The van der Waals surface area contributed by atoms with Crippen molar-refractivity contribution in [3.05, 3.63) is 84.0 Å². The molecule has 0 spiro atoms. The third-order valence-electron chi connectivity index (χ3n) is 10.7. The van der Waals surface area contributed by atoms with E-state index in [0.717, 1.165) is 24.0 Å². The van der Waals surface area contributed by atoms with E-state index < -0.39 is 40.9 Å². The second-order valence-corrected chi connectivity index (χ2v) is 12.9. The van der Waals surface area contributed by atoms with Gasteiger partial charge in [-0.05, 0) is 85.9 Å². The van der Waals surface area contributed by atoms with Gasteiger partial charge in [0.15, 0.2) is 12.4 Å². The minimum Gasteiger partial charge on any atom is -0.457 e. The third-order valence-corrected chi connectivity index (χ3v) is 10.7. The SMILES string of the molecule is CC12C=CC(=O)C=C1CCC1C2[C@@H](O)CC2(C)C1CC[C@]2(O)C(=O)COC(=O)Cc1ccc(Oc2ccccc2)cc1. The lowest BCUT2D eigenvalue weighted by Crippen LogP contribution is -2.61. The summed E-state index contributed by atoms with van der Waals surface area (Å²) in [5.74, 6) is 0.346. The minimum absolute atomic E-state index is 0.00978. The number of carbonyl (C=O) groups is 3. The smallest absolute Gasteiger partial charge is 0.310 e. The number of ether oxygens (including phenoxy) is 2. The highest BCUT2D eigenvalue weighted by Crippen LogP contribution is 2.67. The first-order chi connectivity index (χ1) is 20.0. The number of carbonyl (C=O) groups excluding carboxylic acids is 3. The number of aliphatic hydroxyl groups excluding tert-OH is 1. The Morgan fingerprint density at radius 2 is 1.71 bits per heavy atom. The van der Waals surface area contributed by atoms with Gasteiger partial charge in [0, 0.05) is 16.7 Å². The number of allylic oxidation sites excluding steroid dienone is 4. The molecule has 3 saturated carbocycles. The Morgan fingerprint density at radius 3 is 2.45 bits per heavy atom. The number of Topliss-reactive ketones (excluding diaryl/α,β-unsaturated/α-hetero) is 1. The molecule has 2 aromatic rings. The second kappa shape index (κ2) is 10.6. The van der Waals surface area contributed by atoms with E-state index in [9.17, 15) is 24.6 Å². The van der Waals surface area contributed by atoms with Crippen molar-refractivity contribution in [3.8, 4) is 11.5 Å². The van der Waals surface area contributed by atoms with Crippen LogP contribution in [0.4, 0.5) is 0 Å². The average molecular weight is 571 g/mol. The molecule has 7 heteroatoms. The van der Waals surface area contributed by atoms with E-state index in [4.69, 9.17) is 9.47 Å². The zero-order chi connectivity index (χ0) is 29.7. The lowest BCUT2D eigenvalue weighted by molar-refractivity contribution is -0.181. The first kappa shape index (κ1) is 28.6. The monoisotopic (exact) mass is 570 g/mol. The number of aliphatic hydroxyl groups is 2. The molecule has 0 amide bonds. The first-order valence-electron chi connectivity index (χ1n) is 14.9. The molecule has 0 radical (unpaired) electrons. The van der Waals surface area contributed by atoms with E-state index in [1.54, 1.807) is 36.4 Å². The van der Waals surface area contributed by atoms with E-state index in [1.165, 1.54) is 0 Å². The molecule has 7 atom stereocenters. The van der Waals surface area contributed by atoms with Gasteiger partial charge >= 0.3 is 5.97 Å². The Labute approximate surface area is 246 Å². The largest absolute Gasteiger partial charge is 0.457 e. The van der Waals surface area contributed by atoms with E-state index in [1.807, 2.05) is 43.3 Å². The number of ketones is 2. The van der Waals surface area contributed by atoms with Crippen LogP contribution in [-0.2, 0) is 25.5 Å². The molecule has 4 aliphatic rings. The van der Waals surface area contributed by atoms with Crippen molar-refractivity contribution in [1.29, 1.82) is 0 Å². The molecule has 3 fully saturated rings. The van der Waals surface area contributed by atoms with E-state index >= 15 is 0 Å². The van der Waals surface area contributed by atoms with Crippen molar-refractivity contribution in [3.63, 3.8) is 0 Å². The zero-order valence-corrected chi connectivity index (χ0v) is 24.1. The summed E-state index contributed by atoms with van der Waals surface area (Å²) in [7, 11) is 0. The lowest BCUT2D eigenvalue weighted by atomic mass is 9.46. The molecule has 2 N–H and O–H groups in total. The van der Waals surface area contributed by atoms with Gasteiger partial charge < -0.3 is 19.7 Å². The van der Waals surface area contributed by atoms with Crippen molar-refractivity contribution >= 4 is 17.5 Å². The highest BCUT2D eigenvalue weighted by Gasteiger charge is 2.68. The van der Waals surface area contributed by atoms with Crippen LogP contribution >= 0.6 is 0 Å². The maximum absolute atomic E-state index is 13.5. The molecule has 4 aliphatic carbocycles. The normalized spacial score (nSPS) is 35.0. The summed E-state index contributed by atoms with van der Waals surface area (Å²) >= 11 is 0. The summed E-state index contributed by atoms with van der Waals surface area (Å²) in [6.45, 7) is 3.50. The Hall–Kier alpha value is -3.55. The molecular weight excluding hydrogens is 532 g/mol. The van der Waals surface area contributed by atoms with Crippen LogP contribution in [0.1, 0.15) is 51.5 Å². The van der Waals surface area contributed by atoms with Gasteiger partial charge in [-0.25, -0.2) is 0 Å². The standard InChI is InChI=1S/C35H38O7/c1-33-16-14-24(36)19-23(33)10-13-27-28-15-17-35(40,34(28,2)20-29(37)32(27)33)30(38)21-41-31(39)18-22-8-11-26(12-9-22)42-25-6-4-3-5-7-25/h3-9,11-12,14,16,19,27-29,32,37,40H,10,13,15,17-18,20-21H2,1-2H3/t27?,28?,29-,32?,33?,34?,35-/m0/s1. The van der Waals surface area contributed by atoms with E-state index in [0.29, 0.717) is 17.9 Å². The van der Waals surface area contributed by atoms with Gasteiger partial charge in [0.1, 0.15) is 17.1 Å². The minimum atomic E-state index is -1.68. The Kier molecular flexibility index (Phi) is 7.22. The highest BCUT2D eigenvalue weighted by atomic mass is 16.5. The predicted octanol–water partition coefficient (Wildman–Crippen LogP) is 5.14. The van der Waals surface area contributed by atoms with Crippen molar-refractivity contribution in [2.75, 3.05) is 6.61 Å². The molecule has 0 bridgehead atoms. The second-order valence-electron chi connectivity index (χ2n) is 12.9. The van der Waals surface area contributed by atoms with E-state index in [2.05, 4.69) is 6.92 Å². The lowest BCUT2D eigenvalue weighted by Gasteiger charge is -2.59. The van der Waals surface area contributed by atoms with Crippen LogP contribution < -0.4 is 4.74 Å². The van der Waals surface area contributed by atoms with E-state index in [-0.39, 0.29) is 42.8 Å². The maximum Gasteiger partial charge on any atom is 0.310 e. The summed E-state index contributed by atoms with van der Waals surface area (Å²) in [5.41, 5.74) is -1.15. The fraction of sp³-hybridized carbons (Fsp3) is 0.457. The molecule has 220 valence electrons. The number of hydrogen-bond acceptors (Lipinski definition) is 7. The summed E-state index contributed by atoms with van der Waals surface area (Å²) in [6.07, 6.45) is 7.29. The summed E-state index contributed by atoms with van der Waals surface area (Å²) < 4.78 is 11.2. The van der Waals surface area contributed by atoms with Crippen molar-refractivity contribution < 1.29 is 34.1 Å². The van der Waals surface area contributed by atoms with Crippen molar-refractivity contribution in [1.82, 2.24) is 0 Å². The summed E-state index contributed by atoms with van der Waals surface area (Å²) in [6, 6.07) is 16.5. The van der Waals surface area contributed by atoms with Crippen LogP contribution in [0.2, 0.25) is 0 Å². The quantitative estimate of drug-likeness (QED) is 0.444. The molecular formula is C35H38O7. The fourth-order valence-electron chi connectivity index (χ4n) is 8.57. The van der Waals surface area contributed by atoms with Gasteiger partial charge in [0.2, 0.25) is 5.78 Å².